The van der Waals surface area contributed by atoms with Crippen molar-refractivity contribution < 1.29 is 91.9 Å². The standard InChI is InChI=1S/C20H21N7O3S.C10H13N3O2S.C9H12ClNO2.C9H15N3O2.C7H5NS.C6H5Cl2N.C3H8O2.C3H7O2.H4N2.Na/c1-29-8-9-30-12-13-2-5-17-23-24-20(26(17)10-13)31-18-7-6-16-21-15(11-27(16)25-18)22-19(28)14-3-4-14;1-14-4-5-15-7-8-2-3-9-11-12-10(16)13(9)6-8;1-12-4-5-13-7-8-2-3-9(10)11-6-8;1-13-4-5-14-7-8-2-3-9(12-10)11-6-8;9-6-8-7-4-2-1-3-5-7;7-3-5-1-2-6(8)9-4-5;2*1-5-3-2-4;1-2;/h2,5-7,10-11,14H,3-4,8-9,12H2,1H3,(H,22,28);2-3,6H,4-5,7H2,1H3,(H,12,16);2-3,6H,4-5,7H2,1H3;2-3,6H,4-5,7,10H2,1H3,(H,11,12);1-5H;1-2,4H,3H2;4H,2-3H2,1H3;2-3H2,1H3;1-2H2;/q;;;;;;;-1;;+1. The van der Waals surface area contributed by atoms with E-state index in [0.717, 1.165) is 62.7 Å². The zero-order chi connectivity index (χ0) is 75.8. The van der Waals surface area contributed by atoms with Crippen molar-refractivity contribution in [3.63, 3.8) is 0 Å². The number of nitrogens with two attached hydrogens (primary N) is 3. The number of alkyl halides is 1. The minimum absolute atomic E-state index is 0. The molecular weight excluding hydrogens is 1490 g/mol. The Morgan fingerprint density at radius 2 is 1.14 bits per heavy atom. The molecule has 1 amide bonds. The molecule has 10 aromatic rings. The molecule has 1 aliphatic carbocycles. The summed E-state index contributed by atoms with van der Waals surface area (Å²) in [6.45, 7) is 7.59. The van der Waals surface area contributed by atoms with Crippen LogP contribution in [0.2, 0.25) is 10.3 Å². The fourth-order valence-electron chi connectivity index (χ4n) is 7.38. The van der Waals surface area contributed by atoms with E-state index in [1.807, 2.05) is 106 Å². The van der Waals surface area contributed by atoms with Gasteiger partial charge in [-0.25, -0.2) is 30.3 Å². The Hall–Kier alpha value is -6.56. The summed E-state index contributed by atoms with van der Waals surface area (Å²) in [5.74, 6) is 15.0. The Labute approximate surface area is 661 Å². The van der Waals surface area contributed by atoms with Crippen molar-refractivity contribution in [2.75, 3.05) is 133 Å². The Balaban J connectivity index is 0.000000437. The number of para-hydroxylation sites is 1. The first kappa shape index (κ1) is 94.5. The predicted octanol–water partition coefficient (Wildman–Crippen LogP) is 5.75. The number of nitrogens with one attached hydrogen (secondary N) is 3. The third kappa shape index (κ3) is 41.4. The van der Waals surface area contributed by atoms with Crippen LogP contribution in [0.1, 0.15) is 40.7 Å². The molecule has 38 heteroatoms. The van der Waals surface area contributed by atoms with Crippen LogP contribution >= 0.6 is 71.0 Å². The van der Waals surface area contributed by atoms with Crippen molar-refractivity contribution in [1.29, 1.82) is 0 Å². The van der Waals surface area contributed by atoms with Crippen molar-refractivity contribution >= 4 is 116 Å². The average molecular weight is 1580 g/mol. The van der Waals surface area contributed by atoms with Gasteiger partial charge in [0.15, 0.2) is 27.5 Å². The number of isothiocyanates is 1. The summed E-state index contributed by atoms with van der Waals surface area (Å²) in [6.07, 6.45) is 12.6. The first-order valence-corrected chi connectivity index (χ1v) is 34.5. The Bertz CT molecular complexity index is 3960. The number of thiocarbonyl (C=S) groups is 1. The molecule has 0 radical (unpaired) electrons. The number of aliphatic hydroxyl groups excluding tert-OH is 1. The number of aromatic nitrogens is 12. The van der Waals surface area contributed by atoms with Gasteiger partial charge in [0.1, 0.15) is 21.2 Å². The molecule has 105 heavy (non-hydrogen) atoms. The zero-order valence-electron chi connectivity index (χ0n) is 59.6. The number of nitrogen functional groups attached to an aromatic ring is 1. The number of amides is 1. The first-order chi connectivity index (χ1) is 50.8. The number of aliphatic hydroxyl groups is 1. The minimum atomic E-state index is -0.128. The molecule has 31 nitrogen and oxygen atoms in total. The number of methoxy groups -OCH3 is 6. The van der Waals surface area contributed by atoms with Gasteiger partial charge < -0.3 is 68.3 Å². The van der Waals surface area contributed by atoms with E-state index in [1.54, 1.807) is 83.1 Å². The predicted molar refractivity (Wildman–Crippen MR) is 403 cm³/mol. The number of carbonyl (C=O) groups excluding carboxylic acids is 1. The average Bonchev–Trinajstić information content (AvgIpc) is 1.67. The third-order valence-electron chi connectivity index (χ3n) is 12.6. The number of rotatable bonds is 31. The summed E-state index contributed by atoms with van der Waals surface area (Å²) in [6, 6.07) is 31.9. The number of nitrogens with zero attached hydrogens (tertiary/aromatic N) is 12. The summed E-state index contributed by atoms with van der Waals surface area (Å²) < 4.78 is 56.0. The van der Waals surface area contributed by atoms with Gasteiger partial charge in [-0.05, 0) is 131 Å². The van der Waals surface area contributed by atoms with Crippen molar-refractivity contribution in [3.8, 4) is 0 Å². The number of carbonyl (C=O) groups is 1. The molecule has 9 heterocycles. The summed E-state index contributed by atoms with van der Waals surface area (Å²) >= 11 is 27.5. The van der Waals surface area contributed by atoms with Gasteiger partial charge in [0, 0.05) is 92.0 Å². The van der Waals surface area contributed by atoms with Crippen molar-refractivity contribution in [1.82, 2.24) is 58.7 Å². The van der Waals surface area contributed by atoms with Crippen LogP contribution in [-0.4, -0.2) is 197 Å². The molecule has 1 aliphatic rings. The molecule has 566 valence electrons. The molecule has 0 atom stereocenters. The fraction of sp³-hybridized carbons (Fsp3) is 0.388. The Morgan fingerprint density at radius 3 is 1.60 bits per heavy atom. The van der Waals surface area contributed by atoms with E-state index in [1.165, 1.54) is 18.9 Å². The normalized spacial score (nSPS) is 10.8. The molecule has 0 unspecified atom stereocenters. The van der Waals surface area contributed by atoms with Crippen molar-refractivity contribution in [2.45, 2.75) is 55.3 Å². The second kappa shape index (κ2) is 60.5. The summed E-state index contributed by atoms with van der Waals surface area (Å²) in [5.41, 5.74) is 10.6. The van der Waals surface area contributed by atoms with Gasteiger partial charge in [0.05, 0.1) is 110 Å². The number of hydrazine groups is 2. The number of aromatic amines is 1. The molecule has 0 aliphatic heterocycles. The van der Waals surface area contributed by atoms with Gasteiger partial charge in [0.25, 0.3) is 0 Å². The van der Waals surface area contributed by atoms with Crippen LogP contribution in [0, 0.1) is 10.7 Å². The van der Waals surface area contributed by atoms with Gasteiger partial charge in [-0.3, -0.25) is 30.4 Å². The first-order valence-electron chi connectivity index (χ1n) is 31.6. The quantitative estimate of drug-likeness (QED) is 0.00397. The maximum Gasteiger partial charge on any atom is 1.00 e. The van der Waals surface area contributed by atoms with Crippen LogP contribution in [0.3, 0.4) is 0 Å². The number of anilines is 2. The molecule has 0 saturated heterocycles. The fourth-order valence-corrected chi connectivity index (χ4v) is 8.84. The van der Waals surface area contributed by atoms with Gasteiger partial charge >= 0.3 is 29.6 Å². The van der Waals surface area contributed by atoms with Crippen LogP contribution in [0.15, 0.2) is 155 Å². The van der Waals surface area contributed by atoms with Crippen LogP contribution in [-0.2, 0) is 84.5 Å². The van der Waals surface area contributed by atoms with E-state index in [4.69, 9.17) is 95.9 Å². The van der Waals surface area contributed by atoms with Crippen molar-refractivity contribution in [2.24, 2.45) is 28.4 Å². The van der Waals surface area contributed by atoms with E-state index in [-0.39, 0.29) is 54.6 Å². The van der Waals surface area contributed by atoms with E-state index < -0.39 is 0 Å². The molecule has 1 saturated carbocycles. The van der Waals surface area contributed by atoms with Gasteiger partial charge in [0.2, 0.25) is 11.1 Å². The molecule has 0 bridgehead atoms. The number of aliphatic imine (C=N–C) groups is 1. The topological polar surface area (TPSA) is 399 Å². The van der Waals surface area contributed by atoms with Crippen LogP contribution in [0.4, 0.5) is 17.3 Å². The van der Waals surface area contributed by atoms with Crippen LogP contribution in [0.5, 0.6) is 0 Å². The SMILES string of the molecule is COCCO.COCCOCc1ccc(Cl)nc1.COCCOCc1ccc(NN)nc1.COCCOCc1ccc2n[nH]c(=S)n2c1.COCCOCc1ccc2nnc(Sc3ccc4nc(NC(=O)C5CC5)cn4n3)n2c1.COCC[O-].ClCc1ccc(Cl)nc1.NN.S=C=Nc1ccccc1.[Na+]. The number of hydrogen-bond acceptors (Lipinski definition) is 29. The monoisotopic (exact) mass is 1580 g/mol. The molecule has 11 rings (SSSR count). The maximum absolute atomic E-state index is 12.0. The van der Waals surface area contributed by atoms with Gasteiger partial charge in [-0.1, -0.05) is 71.7 Å². The molecule has 10 N–H and O–H groups in total. The third-order valence-corrected chi connectivity index (χ3v) is 14.6. The number of fused-ring (bicyclic) bond motifs is 3. The Kier molecular flexibility index (Phi) is 54.4. The number of imidazole rings is 1. The van der Waals surface area contributed by atoms with E-state index in [2.05, 4.69) is 99.7 Å². The number of ether oxygens (including phenoxy) is 10. The molecule has 0 spiro atoms. The number of H-pyrrole nitrogens is 1. The number of hydrogen-bond donors (Lipinski definition) is 7. The molecular formula is C67H90Cl3N18NaO13S3. The molecule has 9 aromatic heterocycles. The smallest absolute Gasteiger partial charge is 0.853 e. The van der Waals surface area contributed by atoms with Gasteiger partial charge in [-0.2, -0.15) is 15.2 Å². The summed E-state index contributed by atoms with van der Waals surface area (Å²) in [7, 11) is 9.66. The van der Waals surface area contributed by atoms with Crippen LogP contribution in [0.25, 0.3) is 16.9 Å². The van der Waals surface area contributed by atoms with Crippen LogP contribution < -0.4 is 62.9 Å². The van der Waals surface area contributed by atoms with E-state index in [9.17, 15) is 9.90 Å². The van der Waals surface area contributed by atoms with E-state index >= 15 is 0 Å². The van der Waals surface area contributed by atoms with Gasteiger partial charge in [-0.15, -0.1) is 28.4 Å². The summed E-state index contributed by atoms with van der Waals surface area (Å²) in [5, 5.41) is 44.8. The largest absolute Gasteiger partial charge is 1.00 e. The molecule has 1 fully saturated rings. The number of halogens is 3. The minimum Gasteiger partial charge on any atom is -0.853 e. The zero-order valence-corrected chi connectivity index (χ0v) is 66.3. The summed E-state index contributed by atoms with van der Waals surface area (Å²) in [4.78, 5) is 32.0. The molecule has 1 aromatic carbocycles. The second-order valence-corrected chi connectivity index (χ2v) is 23.0. The number of benzene rings is 1. The number of pyridine rings is 5. The second-order valence-electron chi connectivity index (χ2n) is 20.5. The Morgan fingerprint density at radius 1 is 0.638 bits per heavy atom. The van der Waals surface area contributed by atoms with Crippen molar-refractivity contribution in [3.05, 3.63) is 183 Å². The maximum atomic E-state index is 12.0. The van der Waals surface area contributed by atoms with E-state index in [0.29, 0.717) is 136 Å².